The van der Waals surface area contributed by atoms with Crippen LogP contribution in [0, 0.1) is 0 Å². The van der Waals surface area contributed by atoms with E-state index < -0.39 is 11.5 Å². The molecule has 2 heterocycles. The van der Waals surface area contributed by atoms with Gasteiger partial charge in [-0.2, -0.15) is 0 Å². The van der Waals surface area contributed by atoms with Gasteiger partial charge >= 0.3 is 5.97 Å². The molecule has 5 nitrogen and oxygen atoms in total. The minimum Gasteiger partial charge on any atom is -0.497 e. The molecule has 132 valence electrons. The second-order valence-electron chi connectivity index (χ2n) is 6.29. The van der Waals surface area contributed by atoms with Gasteiger partial charge in [-0.05, 0) is 46.4 Å². The molecule has 1 atom stereocenters. The lowest BCUT2D eigenvalue weighted by Gasteiger charge is -2.31. The Morgan fingerprint density at radius 1 is 1.19 bits per heavy atom. The molecule has 2 aromatic carbocycles. The van der Waals surface area contributed by atoms with Crippen molar-refractivity contribution in [2.45, 2.75) is 18.5 Å². The van der Waals surface area contributed by atoms with Gasteiger partial charge in [0.2, 0.25) is 0 Å². The van der Waals surface area contributed by atoms with Crippen molar-refractivity contribution in [1.29, 1.82) is 0 Å². The van der Waals surface area contributed by atoms with Crippen LogP contribution in [0.1, 0.15) is 27.9 Å². The quantitative estimate of drug-likeness (QED) is 0.516. The molecule has 1 unspecified atom stereocenters. The fourth-order valence-electron chi connectivity index (χ4n) is 3.65. The lowest BCUT2D eigenvalue weighted by Crippen LogP contribution is -2.46. The minimum atomic E-state index is -1.09. The maximum absolute atomic E-state index is 13.1. The lowest BCUT2D eigenvalue weighted by molar-refractivity contribution is -0.145. The standard InChI is InChI=1S/C20H16INO4/c1-25-14-8-6-13(7-9-14)12-22-18(23)16-4-2-3-5-17(16)20(22)10-15(11-21)26-19(20)24/h2-9,11H,10,12H2,1H3/b15-11+. The van der Waals surface area contributed by atoms with E-state index in [1.165, 1.54) is 0 Å². The first-order valence-corrected chi connectivity index (χ1v) is 9.40. The average molecular weight is 461 g/mol. The SMILES string of the molecule is COc1ccc(CN2C(=O)c3ccccc3C23C/C(=C\I)OC3=O)cc1. The van der Waals surface area contributed by atoms with E-state index in [2.05, 4.69) is 22.6 Å². The molecule has 6 heteroatoms. The van der Waals surface area contributed by atoms with Crippen molar-refractivity contribution in [2.24, 2.45) is 0 Å². The van der Waals surface area contributed by atoms with Gasteiger partial charge in [-0.3, -0.25) is 4.79 Å². The van der Waals surface area contributed by atoms with Crippen LogP contribution in [0.3, 0.4) is 0 Å². The molecule has 0 saturated carbocycles. The van der Waals surface area contributed by atoms with Gasteiger partial charge in [0.15, 0.2) is 5.54 Å². The Kier molecular flexibility index (Phi) is 4.22. The summed E-state index contributed by atoms with van der Waals surface area (Å²) in [5.74, 6) is 0.782. The first-order valence-electron chi connectivity index (χ1n) is 8.16. The van der Waals surface area contributed by atoms with Crippen LogP contribution in [-0.4, -0.2) is 23.9 Å². The van der Waals surface area contributed by atoms with E-state index in [1.807, 2.05) is 42.5 Å². The average Bonchev–Trinajstić information content (AvgIpc) is 3.13. The Morgan fingerprint density at radius 2 is 1.92 bits per heavy atom. The van der Waals surface area contributed by atoms with Gasteiger partial charge in [-0.25, -0.2) is 4.79 Å². The second kappa shape index (κ2) is 6.42. The zero-order valence-electron chi connectivity index (χ0n) is 14.1. The predicted molar refractivity (Wildman–Crippen MR) is 104 cm³/mol. The van der Waals surface area contributed by atoms with Crippen LogP contribution >= 0.6 is 22.6 Å². The largest absolute Gasteiger partial charge is 0.497 e. The molecule has 1 amide bonds. The molecule has 0 aliphatic carbocycles. The van der Waals surface area contributed by atoms with E-state index in [9.17, 15) is 9.59 Å². The zero-order valence-corrected chi connectivity index (χ0v) is 16.2. The summed E-state index contributed by atoms with van der Waals surface area (Å²) in [5, 5.41) is 0. The molecule has 0 bridgehead atoms. The van der Waals surface area contributed by atoms with E-state index in [0.29, 0.717) is 24.3 Å². The van der Waals surface area contributed by atoms with Crippen LogP contribution in [0.5, 0.6) is 5.75 Å². The third-order valence-corrected chi connectivity index (χ3v) is 5.62. The molecule has 26 heavy (non-hydrogen) atoms. The van der Waals surface area contributed by atoms with E-state index >= 15 is 0 Å². The number of cyclic esters (lactones) is 1. The number of halogens is 1. The number of hydrogen-bond acceptors (Lipinski definition) is 4. The molecular weight excluding hydrogens is 445 g/mol. The van der Waals surface area contributed by atoms with Crippen molar-refractivity contribution in [1.82, 2.24) is 4.90 Å². The number of fused-ring (bicyclic) bond motifs is 2. The van der Waals surface area contributed by atoms with Crippen LogP contribution in [0.25, 0.3) is 0 Å². The molecule has 0 radical (unpaired) electrons. The summed E-state index contributed by atoms with van der Waals surface area (Å²) in [7, 11) is 1.61. The number of methoxy groups -OCH3 is 1. The van der Waals surface area contributed by atoms with Gasteiger partial charge in [0.1, 0.15) is 11.5 Å². The molecular formula is C20H16INO4. The Labute approximate surface area is 164 Å². The van der Waals surface area contributed by atoms with Gasteiger partial charge in [0.05, 0.1) is 7.11 Å². The van der Waals surface area contributed by atoms with Gasteiger partial charge in [-0.1, -0.05) is 30.3 Å². The normalized spacial score (nSPS) is 22.8. The zero-order chi connectivity index (χ0) is 18.3. The molecule has 1 fully saturated rings. The summed E-state index contributed by atoms with van der Waals surface area (Å²) in [5.41, 5.74) is 1.11. The Balaban J connectivity index is 1.79. The highest BCUT2D eigenvalue weighted by Gasteiger charge is 2.60. The summed E-state index contributed by atoms with van der Waals surface area (Å²) < 4.78 is 12.4. The van der Waals surface area contributed by atoms with E-state index in [4.69, 9.17) is 9.47 Å². The topological polar surface area (TPSA) is 55.8 Å². The molecule has 2 aromatic rings. The monoisotopic (exact) mass is 461 g/mol. The molecule has 1 spiro atoms. The highest BCUT2D eigenvalue weighted by molar-refractivity contribution is 14.1. The number of hydrogen-bond donors (Lipinski definition) is 0. The molecule has 4 rings (SSSR count). The number of benzene rings is 2. The van der Waals surface area contributed by atoms with E-state index in [0.717, 1.165) is 16.9 Å². The molecule has 0 N–H and O–H groups in total. The number of carbonyl (C=O) groups excluding carboxylic acids is 2. The Morgan fingerprint density at radius 3 is 2.58 bits per heavy atom. The van der Waals surface area contributed by atoms with Crippen molar-refractivity contribution in [3.63, 3.8) is 0 Å². The van der Waals surface area contributed by atoms with Crippen molar-refractivity contribution >= 4 is 34.5 Å². The van der Waals surface area contributed by atoms with E-state index in [-0.39, 0.29) is 5.91 Å². The van der Waals surface area contributed by atoms with E-state index in [1.54, 1.807) is 22.2 Å². The molecule has 2 aliphatic heterocycles. The number of carbonyl (C=O) groups is 2. The smallest absolute Gasteiger partial charge is 0.342 e. The van der Waals surface area contributed by atoms with Crippen LogP contribution in [0.2, 0.25) is 0 Å². The third-order valence-electron chi connectivity index (χ3n) is 4.92. The maximum atomic E-state index is 13.1. The minimum absolute atomic E-state index is 0.150. The Hall–Kier alpha value is -2.35. The number of esters is 1. The fraction of sp³-hybridized carbons (Fsp3) is 0.200. The summed E-state index contributed by atoms with van der Waals surface area (Å²) >= 11 is 2.06. The highest BCUT2D eigenvalue weighted by atomic mass is 127. The van der Waals surface area contributed by atoms with Crippen LogP contribution in [-0.2, 0) is 21.6 Å². The summed E-state index contributed by atoms with van der Waals surface area (Å²) in [6, 6.07) is 14.8. The van der Waals surface area contributed by atoms with Crippen LogP contribution in [0.15, 0.2) is 58.4 Å². The van der Waals surface area contributed by atoms with Crippen LogP contribution < -0.4 is 4.74 Å². The van der Waals surface area contributed by atoms with Gasteiger partial charge in [0.25, 0.3) is 5.91 Å². The van der Waals surface area contributed by atoms with Crippen molar-refractivity contribution in [3.8, 4) is 5.75 Å². The maximum Gasteiger partial charge on any atom is 0.342 e. The lowest BCUT2D eigenvalue weighted by atomic mass is 9.87. The predicted octanol–water partition coefficient (Wildman–Crippen LogP) is 3.77. The number of nitrogens with zero attached hydrogens (tertiary/aromatic N) is 1. The number of amides is 1. The fourth-order valence-corrected chi connectivity index (χ4v) is 4.00. The molecule has 0 aromatic heterocycles. The number of ether oxygens (including phenoxy) is 2. The third kappa shape index (κ3) is 2.43. The van der Waals surface area contributed by atoms with Crippen molar-refractivity contribution in [2.75, 3.05) is 7.11 Å². The molecule has 2 aliphatic rings. The summed E-state index contributed by atoms with van der Waals surface area (Å²) in [6.07, 6.45) is 0.355. The first kappa shape index (κ1) is 17.1. The van der Waals surface area contributed by atoms with Crippen molar-refractivity contribution in [3.05, 3.63) is 75.1 Å². The van der Waals surface area contributed by atoms with Crippen LogP contribution in [0.4, 0.5) is 0 Å². The first-order chi connectivity index (χ1) is 12.6. The summed E-state index contributed by atoms with van der Waals surface area (Å²) in [4.78, 5) is 27.6. The summed E-state index contributed by atoms with van der Waals surface area (Å²) in [6.45, 7) is 0.321. The van der Waals surface area contributed by atoms with Gasteiger partial charge in [0, 0.05) is 28.2 Å². The number of rotatable bonds is 3. The second-order valence-corrected chi connectivity index (χ2v) is 6.91. The molecule has 1 saturated heterocycles. The highest BCUT2D eigenvalue weighted by Crippen LogP contribution is 2.49. The van der Waals surface area contributed by atoms with Gasteiger partial charge < -0.3 is 14.4 Å². The van der Waals surface area contributed by atoms with Crippen molar-refractivity contribution < 1.29 is 19.1 Å². The Bertz CT molecular complexity index is 922. The van der Waals surface area contributed by atoms with Gasteiger partial charge in [-0.15, -0.1) is 0 Å².